The zero-order valence-corrected chi connectivity index (χ0v) is 12.6. The fourth-order valence-corrected chi connectivity index (χ4v) is 3.18. The van der Waals surface area contributed by atoms with Gasteiger partial charge in [0.05, 0.1) is 5.25 Å². The molecule has 2 rings (SSSR count). The Balaban J connectivity index is 1.95. The average molecular weight is 283 g/mol. The van der Waals surface area contributed by atoms with E-state index in [-0.39, 0.29) is 11.2 Å². The summed E-state index contributed by atoms with van der Waals surface area (Å²) in [5.41, 5.74) is 0. The van der Waals surface area contributed by atoms with Crippen molar-refractivity contribution in [1.29, 1.82) is 0 Å². The smallest absolute Gasteiger partial charge is 0.277 e. The minimum atomic E-state index is -0.199. The van der Waals surface area contributed by atoms with Crippen molar-refractivity contribution in [2.24, 2.45) is 0 Å². The van der Waals surface area contributed by atoms with E-state index in [1.54, 1.807) is 19.0 Å². The van der Waals surface area contributed by atoms with E-state index in [1.807, 2.05) is 6.92 Å². The van der Waals surface area contributed by atoms with E-state index < -0.39 is 0 Å². The number of hydrogen-bond acceptors (Lipinski definition) is 5. The van der Waals surface area contributed by atoms with Crippen LogP contribution in [0, 0.1) is 0 Å². The molecule has 0 saturated heterocycles. The molecule has 1 saturated carbocycles. The van der Waals surface area contributed by atoms with Crippen LogP contribution in [0.1, 0.15) is 50.8 Å². The second-order valence-corrected chi connectivity index (χ2v) is 6.53. The number of amides is 1. The lowest BCUT2D eigenvalue weighted by molar-refractivity contribution is -0.127. The van der Waals surface area contributed by atoms with Gasteiger partial charge in [0.1, 0.15) is 0 Å². The van der Waals surface area contributed by atoms with Crippen molar-refractivity contribution in [3.63, 3.8) is 0 Å². The molecule has 1 aliphatic rings. The summed E-state index contributed by atoms with van der Waals surface area (Å²) in [5, 5.41) is 8.49. The Morgan fingerprint density at radius 3 is 2.63 bits per heavy atom. The third-order valence-electron chi connectivity index (χ3n) is 3.44. The van der Waals surface area contributed by atoms with Gasteiger partial charge >= 0.3 is 0 Å². The number of rotatable bonds is 4. The lowest BCUT2D eigenvalue weighted by atomic mass is 9.89. The maximum Gasteiger partial charge on any atom is 0.277 e. The molecule has 1 heterocycles. The van der Waals surface area contributed by atoms with Crippen LogP contribution >= 0.6 is 11.8 Å². The Bertz CT molecular complexity index is 427. The summed E-state index contributed by atoms with van der Waals surface area (Å²) >= 11 is 1.33. The maximum atomic E-state index is 11.8. The Morgan fingerprint density at radius 1 is 1.32 bits per heavy atom. The lowest BCUT2D eigenvalue weighted by Crippen LogP contribution is -2.29. The molecule has 5 nitrogen and oxygen atoms in total. The number of nitrogens with zero attached hydrogens (tertiary/aromatic N) is 3. The molecule has 1 aromatic rings. The molecular weight excluding hydrogens is 262 g/mol. The molecule has 0 N–H and O–H groups in total. The maximum absolute atomic E-state index is 11.8. The number of thioether (sulfide) groups is 1. The van der Waals surface area contributed by atoms with Crippen molar-refractivity contribution < 1.29 is 9.21 Å². The predicted molar refractivity (Wildman–Crippen MR) is 74.1 cm³/mol. The first kappa shape index (κ1) is 14.4. The van der Waals surface area contributed by atoms with Crippen molar-refractivity contribution in [1.82, 2.24) is 15.1 Å². The van der Waals surface area contributed by atoms with Crippen molar-refractivity contribution in [2.75, 3.05) is 14.1 Å². The highest BCUT2D eigenvalue weighted by Gasteiger charge is 2.23. The van der Waals surface area contributed by atoms with Crippen LogP contribution in [0.3, 0.4) is 0 Å². The van der Waals surface area contributed by atoms with Crippen LogP contribution in [0.25, 0.3) is 0 Å². The van der Waals surface area contributed by atoms with Crippen LogP contribution in [0.2, 0.25) is 0 Å². The molecule has 0 spiro atoms. The second-order valence-electron chi connectivity index (χ2n) is 5.23. The Morgan fingerprint density at radius 2 is 2.00 bits per heavy atom. The molecule has 0 aromatic carbocycles. The minimum absolute atomic E-state index is 0.0578. The summed E-state index contributed by atoms with van der Waals surface area (Å²) in [7, 11) is 3.50. The summed E-state index contributed by atoms with van der Waals surface area (Å²) in [5.74, 6) is 1.21. The van der Waals surface area contributed by atoms with Gasteiger partial charge in [0.15, 0.2) is 0 Å². The van der Waals surface area contributed by atoms with Crippen molar-refractivity contribution >= 4 is 17.7 Å². The first-order chi connectivity index (χ1) is 9.08. The van der Waals surface area contributed by atoms with Gasteiger partial charge < -0.3 is 9.32 Å². The van der Waals surface area contributed by atoms with Crippen LogP contribution in [-0.4, -0.2) is 40.3 Å². The minimum Gasteiger partial charge on any atom is -0.416 e. The van der Waals surface area contributed by atoms with Crippen molar-refractivity contribution in [3.05, 3.63) is 5.89 Å². The quantitative estimate of drug-likeness (QED) is 0.795. The molecule has 0 aliphatic heterocycles. The zero-order valence-electron chi connectivity index (χ0n) is 11.8. The highest BCUT2D eigenvalue weighted by molar-refractivity contribution is 8.00. The van der Waals surface area contributed by atoms with Crippen LogP contribution < -0.4 is 0 Å². The van der Waals surface area contributed by atoms with Gasteiger partial charge in [-0.05, 0) is 19.8 Å². The molecule has 1 fully saturated rings. The van der Waals surface area contributed by atoms with E-state index in [1.165, 1.54) is 31.0 Å². The van der Waals surface area contributed by atoms with Crippen LogP contribution in [0.15, 0.2) is 9.64 Å². The average Bonchev–Trinajstić information content (AvgIpc) is 2.87. The monoisotopic (exact) mass is 283 g/mol. The molecule has 0 unspecified atom stereocenters. The van der Waals surface area contributed by atoms with Gasteiger partial charge in [0.25, 0.3) is 5.22 Å². The number of hydrogen-bond donors (Lipinski definition) is 0. The van der Waals surface area contributed by atoms with E-state index in [0.29, 0.717) is 11.1 Å². The van der Waals surface area contributed by atoms with Gasteiger partial charge in [-0.2, -0.15) is 0 Å². The standard InChI is InChI=1S/C13H21N3O2S/c1-9(12(17)16(2)3)19-13-15-14-11(18-13)10-7-5-4-6-8-10/h9-10H,4-8H2,1-3H3/t9-/m0/s1. The van der Waals surface area contributed by atoms with Gasteiger partial charge in [0, 0.05) is 20.0 Å². The molecule has 1 atom stereocenters. The van der Waals surface area contributed by atoms with E-state index in [4.69, 9.17) is 4.42 Å². The normalized spacial score (nSPS) is 18.3. The fourth-order valence-electron chi connectivity index (χ4n) is 2.35. The molecular formula is C13H21N3O2S. The molecule has 19 heavy (non-hydrogen) atoms. The fraction of sp³-hybridized carbons (Fsp3) is 0.769. The zero-order chi connectivity index (χ0) is 13.8. The topological polar surface area (TPSA) is 59.2 Å². The third kappa shape index (κ3) is 3.72. The van der Waals surface area contributed by atoms with Gasteiger partial charge in [-0.1, -0.05) is 31.0 Å². The number of carbonyl (C=O) groups is 1. The third-order valence-corrected chi connectivity index (χ3v) is 4.36. The lowest BCUT2D eigenvalue weighted by Gasteiger charge is -2.17. The van der Waals surface area contributed by atoms with E-state index in [9.17, 15) is 4.79 Å². The van der Waals surface area contributed by atoms with E-state index in [2.05, 4.69) is 10.2 Å². The molecule has 106 valence electrons. The van der Waals surface area contributed by atoms with Gasteiger partial charge in [-0.15, -0.1) is 10.2 Å². The summed E-state index contributed by atoms with van der Waals surface area (Å²) in [6.45, 7) is 1.86. The molecule has 1 aromatic heterocycles. The molecule has 0 radical (unpaired) electrons. The highest BCUT2D eigenvalue weighted by atomic mass is 32.2. The Labute approximate surface area is 118 Å². The molecule has 1 amide bonds. The second kappa shape index (κ2) is 6.41. The number of carbonyl (C=O) groups excluding carboxylic acids is 1. The van der Waals surface area contributed by atoms with Crippen LogP contribution in [0.5, 0.6) is 0 Å². The number of aromatic nitrogens is 2. The predicted octanol–water partition coefficient (Wildman–Crippen LogP) is 2.69. The SMILES string of the molecule is C[C@H](Sc1nnc(C2CCCCC2)o1)C(=O)N(C)C. The first-order valence-electron chi connectivity index (χ1n) is 6.79. The van der Waals surface area contributed by atoms with Crippen molar-refractivity contribution in [2.45, 2.75) is 55.4 Å². The summed E-state index contributed by atoms with van der Waals surface area (Å²) in [4.78, 5) is 13.4. The van der Waals surface area contributed by atoms with Gasteiger partial charge in [0.2, 0.25) is 11.8 Å². The summed E-state index contributed by atoms with van der Waals surface area (Å²) in [6.07, 6.45) is 6.06. The molecule has 6 heteroatoms. The summed E-state index contributed by atoms with van der Waals surface area (Å²) in [6, 6.07) is 0. The largest absolute Gasteiger partial charge is 0.416 e. The Hall–Kier alpha value is -1.04. The van der Waals surface area contributed by atoms with Gasteiger partial charge in [-0.25, -0.2) is 0 Å². The van der Waals surface area contributed by atoms with Gasteiger partial charge in [-0.3, -0.25) is 4.79 Å². The first-order valence-corrected chi connectivity index (χ1v) is 7.67. The molecule has 1 aliphatic carbocycles. The van der Waals surface area contributed by atoms with E-state index >= 15 is 0 Å². The van der Waals surface area contributed by atoms with E-state index in [0.717, 1.165) is 18.7 Å². The Kier molecular flexibility index (Phi) is 4.85. The van der Waals surface area contributed by atoms with Crippen LogP contribution in [0.4, 0.5) is 0 Å². The summed E-state index contributed by atoms with van der Waals surface area (Å²) < 4.78 is 5.69. The van der Waals surface area contributed by atoms with Crippen LogP contribution in [-0.2, 0) is 4.79 Å². The van der Waals surface area contributed by atoms with Crippen molar-refractivity contribution in [3.8, 4) is 0 Å². The highest BCUT2D eigenvalue weighted by Crippen LogP contribution is 2.33. The molecule has 0 bridgehead atoms.